The largest absolute Gasteiger partial charge is 0.396 e. The molecule has 0 aromatic heterocycles. The molecule has 6 nitrogen and oxygen atoms in total. The third kappa shape index (κ3) is 3.72. The SMILES string of the molecule is CC(CO)C(C)NC(=O)c1cc([N+](=O)[O-])ccc1F. The van der Waals surface area contributed by atoms with Crippen molar-refractivity contribution in [2.75, 3.05) is 6.61 Å². The number of carbonyl (C=O) groups excluding carboxylic acids is 1. The number of halogens is 1. The number of aliphatic hydroxyl groups excluding tert-OH is 1. The molecule has 0 aliphatic carbocycles. The van der Waals surface area contributed by atoms with Gasteiger partial charge in [-0.3, -0.25) is 14.9 Å². The highest BCUT2D eigenvalue weighted by Gasteiger charge is 2.20. The van der Waals surface area contributed by atoms with Crippen molar-refractivity contribution in [1.82, 2.24) is 5.32 Å². The van der Waals surface area contributed by atoms with E-state index in [2.05, 4.69) is 5.32 Å². The fraction of sp³-hybridized carbons (Fsp3) is 0.417. The second-order valence-electron chi connectivity index (χ2n) is 4.34. The molecule has 2 unspecified atom stereocenters. The van der Waals surface area contributed by atoms with Crippen LogP contribution in [0.3, 0.4) is 0 Å². The maximum Gasteiger partial charge on any atom is 0.270 e. The van der Waals surface area contributed by atoms with Gasteiger partial charge in [0.15, 0.2) is 0 Å². The summed E-state index contributed by atoms with van der Waals surface area (Å²) in [7, 11) is 0. The van der Waals surface area contributed by atoms with Gasteiger partial charge in [0, 0.05) is 24.8 Å². The molecule has 19 heavy (non-hydrogen) atoms. The molecule has 0 heterocycles. The molecule has 2 N–H and O–H groups in total. The number of nitro benzene ring substituents is 1. The third-order valence-electron chi connectivity index (χ3n) is 2.91. The van der Waals surface area contributed by atoms with E-state index >= 15 is 0 Å². The molecule has 1 rings (SSSR count). The standard InChI is InChI=1S/C12H15FN2O4/c1-7(6-16)8(2)14-12(17)10-5-9(15(18)19)3-4-11(10)13/h3-5,7-8,16H,6H2,1-2H3,(H,14,17). The van der Waals surface area contributed by atoms with Crippen LogP contribution in [0.5, 0.6) is 0 Å². The van der Waals surface area contributed by atoms with E-state index in [1.54, 1.807) is 13.8 Å². The average Bonchev–Trinajstić information content (AvgIpc) is 2.37. The molecule has 0 fully saturated rings. The van der Waals surface area contributed by atoms with Crippen molar-refractivity contribution < 1.29 is 19.2 Å². The van der Waals surface area contributed by atoms with Crippen LogP contribution in [0, 0.1) is 21.8 Å². The molecule has 0 bridgehead atoms. The predicted molar refractivity (Wildman–Crippen MR) is 66.2 cm³/mol. The molecule has 104 valence electrons. The van der Waals surface area contributed by atoms with Crippen LogP contribution in [0.25, 0.3) is 0 Å². The first kappa shape index (κ1) is 15.0. The minimum atomic E-state index is -0.827. The number of nitrogens with zero attached hydrogens (tertiary/aromatic N) is 1. The fourth-order valence-corrected chi connectivity index (χ4v) is 1.39. The lowest BCUT2D eigenvalue weighted by molar-refractivity contribution is -0.384. The molecule has 0 radical (unpaired) electrons. The van der Waals surface area contributed by atoms with E-state index in [1.807, 2.05) is 0 Å². The van der Waals surface area contributed by atoms with E-state index in [4.69, 9.17) is 5.11 Å². The first-order chi connectivity index (χ1) is 8.86. The van der Waals surface area contributed by atoms with Gasteiger partial charge in [0.2, 0.25) is 0 Å². The Kier molecular flexibility index (Phi) is 4.94. The number of benzene rings is 1. The van der Waals surface area contributed by atoms with E-state index < -0.39 is 16.6 Å². The summed E-state index contributed by atoms with van der Waals surface area (Å²) in [5.41, 5.74) is -0.736. The van der Waals surface area contributed by atoms with Crippen molar-refractivity contribution >= 4 is 11.6 Å². The molecule has 1 aromatic rings. The zero-order chi connectivity index (χ0) is 14.6. The van der Waals surface area contributed by atoms with Gasteiger partial charge in [-0.1, -0.05) is 6.92 Å². The number of rotatable bonds is 5. The fourth-order valence-electron chi connectivity index (χ4n) is 1.39. The van der Waals surface area contributed by atoms with E-state index in [0.29, 0.717) is 0 Å². The molecule has 0 aliphatic rings. The van der Waals surface area contributed by atoms with Gasteiger partial charge in [-0.05, 0) is 18.9 Å². The van der Waals surface area contributed by atoms with Crippen molar-refractivity contribution in [3.05, 3.63) is 39.7 Å². The van der Waals surface area contributed by atoms with Gasteiger partial charge in [0.1, 0.15) is 5.82 Å². The van der Waals surface area contributed by atoms with Crippen molar-refractivity contribution in [2.45, 2.75) is 19.9 Å². The van der Waals surface area contributed by atoms with Gasteiger partial charge in [0.05, 0.1) is 10.5 Å². The zero-order valence-corrected chi connectivity index (χ0v) is 10.6. The summed E-state index contributed by atoms with van der Waals surface area (Å²) in [6, 6.07) is 2.39. The number of aliphatic hydroxyl groups is 1. The lowest BCUT2D eigenvalue weighted by Crippen LogP contribution is -2.38. The first-order valence-corrected chi connectivity index (χ1v) is 5.72. The van der Waals surface area contributed by atoms with E-state index in [9.17, 15) is 19.3 Å². The van der Waals surface area contributed by atoms with Crippen LogP contribution in [0.1, 0.15) is 24.2 Å². The van der Waals surface area contributed by atoms with E-state index in [1.165, 1.54) is 0 Å². The molecule has 0 saturated heterocycles. The second-order valence-corrected chi connectivity index (χ2v) is 4.34. The van der Waals surface area contributed by atoms with Crippen LogP contribution in [0.15, 0.2) is 18.2 Å². The number of amides is 1. The van der Waals surface area contributed by atoms with Crippen LogP contribution in [-0.2, 0) is 0 Å². The van der Waals surface area contributed by atoms with Crippen molar-refractivity contribution in [1.29, 1.82) is 0 Å². The highest BCUT2D eigenvalue weighted by Crippen LogP contribution is 2.17. The van der Waals surface area contributed by atoms with E-state index in [-0.39, 0.29) is 29.8 Å². The number of nitrogens with one attached hydrogen (secondary N) is 1. The van der Waals surface area contributed by atoms with Gasteiger partial charge in [-0.25, -0.2) is 4.39 Å². The van der Waals surface area contributed by atoms with Gasteiger partial charge < -0.3 is 10.4 Å². The Morgan fingerprint density at radius 3 is 2.68 bits per heavy atom. The maximum atomic E-state index is 13.5. The Labute approximate surface area is 109 Å². The number of nitro groups is 1. The first-order valence-electron chi connectivity index (χ1n) is 5.72. The monoisotopic (exact) mass is 270 g/mol. The zero-order valence-electron chi connectivity index (χ0n) is 10.6. The Bertz CT molecular complexity index is 493. The average molecular weight is 270 g/mol. The summed E-state index contributed by atoms with van der Waals surface area (Å²) in [6.07, 6.45) is 0. The quantitative estimate of drug-likeness (QED) is 0.626. The Morgan fingerprint density at radius 1 is 1.53 bits per heavy atom. The number of hydrogen-bond donors (Lipinski definition) is 2. The van der Waals surface area contributed by atoms with Gasteiger partial charge in [0.25, 0.3) is 11.6 Å². The normalized spacial score (nSPS) is 13.7. The second kappa shape index (κ2) is 6.24. The highest BCUT2D eigenvalue weighted by atomic mass is 19.1. The smallest absolute Gasteiger partial charge is 0.270 e. The van der Waals surface area contributed by atoms with Crippen LogP contribution < -0.4 is 5.32 Å². The number of hydrogen-bond acceptors (Lipinski definition) is 4. The number of carbonyl (C=O) groups is 1. The molecule has 1 amide bonds. The molecule has 0 aliphatic heterocycles. The molecule has 0 spiro atoms. The lowest BCUT2D eigenvalue weighted by atomic mass is 10.0. The highest BCUT2D eigenvalue weighted by molar-refractivity contribution is 5.95. The maximum absolute atomic E-state index is 13.5. The van der Waals surface area contributed by atoms with E-state index in [0.717, 1.165) is 18.2 Å². The summed E-state index contributed by atoms with van der Waals surface area (Å²) >= 11 is 0. The molecular weight excluding hydrogens is 255 g/mol. The Morgan fingerprint density at radius 2 is 2.16 bits per heavy atom. The van der Waals surface area contributed by atoms with Crippen LogP contribution in [0.4, 0.5) is 10.1 Å². The summed E-state index contributed by atoms with van der Waals surface area (Å²) in [4.78, 5) is 21.7. The van der Waals surface area contributed by atoms with Crippen LogP contribution in [-0.4, -0.2) is 28.6 Å². The lowest BCUT2D eigenvalue weighted by Gasteiger charge is -2.19. The molecular formula is C12H15FN2O4. The summed E-state index contributed by atoms with van der Waals surface area (Å²) in [5.74, 6) is -1.77. The Balaban J connectivity index is 2.93. The molecule has 7 heteroatoms. The minimum absolute atomic E-state index is 0.126. The van der Waals surface area contributed by atoms with Crippen LogP contribution in [0.2, 0.25) is 0 Å². The number of non-ortho nitro benzene ring substituents is 1. The van der Waals surface area contributed by atoms with Gasteiger partial charge >= 0.3 is 0 Å². The summed E-state index contributed by atoms with van der Waals surface area (Å²) in [5, 5.41) is 22.0. The Hall–Kier alpha value is -2.02. The minimum Gasteiger partial charge on any atom is -0.396 e. The molecule has 2 atom stereocenters. The van der Waals surface area contributed by atoms with Gasteiger partial charge in [-0.2, -0.15) is 0 Å². The topological polar surface area (TPSA) is 92.5 Å². The summed E-state index contributed by atoms with van der Waals surface area (Å²) in [6.45, 7) is 3.25. The summed E-state index contributed by atoms with van der Waals surface area (Å²) < 4.78 is 13.5. The molecule has 1 aromatic carbocycles. The molecule has 0 saturated carbocycles. The van der Waals surface area contributed by atoms with Crippen molar-refractivity contribution in [3.8, 4) is 0 Å². The van der Waals surface area contributed by atoms with Crippen molar-refractivity contribution in [2.24, 2.45) is 5.92 Å². The van der Waals surface area contributed by atoms with Gasteiger partial charge in [-0.15, -0.1) is 0 Å². The van der Waals surface area contributed by atoms with Crippen LogP contribution >= 0.6 is 0 Å². The predicted octanol–water partition coefficient (Wildman–Crippen LogP) is 1.48. The van der Waals surface area contributed by atoms with Crippen molar-refractivity contribution in [3.63, 3.8) is 0 Å². The third-order valence-corrected chi connectivity index (χ3v) is 2.91.